The summed E-state index contributed by atoms with van der Waals surface area (Å²) in [5, 5.41) is 9.71. The molecule has 0 fully saturated rings. The van der Waals surface area contributed by atoms with Crippen LogP contribution in [0.4, 0.5) is 0 Å². The molecule has 3 nitrogen and oxygen atoms in total. The molecule has 0 unspecified atom stereocenters. The fourth-order valence-electron chi connectivity index (χ4n) is 2.28. The Morgan fingerprint density at radius 2 is 1.35 bits per heavy atom. The van der Waals surface area contributed by atoms with Crippen molar-refractivity contribution in [2.24, 2.45) is 0 Å². The number of hydrogen-bond donors (Lipinski definition) is 1. The van der Waals surface area contributed by atoms with Crippen LogP contribution < -0.4 is 0 Å². The minimum Gasteiger partial charge on any atom is -0.414 e. The van der Waals surface area contributed by atoms with Crippen molar-refractivity contribution in [3.8, 4) is 0 Å². The van der Waals surface area contributed by atoms with Crippen LogP contribution in [-0.4, -0.2) is 40.6 Å². The van der Waals surface area contributed by atoms with Crippen molar-refractivity contribution < 1.29 is 14.0 Å². The van der Waals surface area contributed by atoms with Crippen LogP contribution in [0, 0.1) is 0 Å². The molecule has 0 aliphatic rings. The van der Waals surface area contributed by atoms with Gasteiger partial charge in [-0.3, -0.25) is 0 Å². The number of aliphatic hydroxyl groups is 1. The second-order valence-corrected chi connectivity index (χ2v) is 20.4. The number of rotatable bonds is 9. The van der Waals surface area contributed by atoms with E-state index in [9.17, 15) is 5.11 Å². The van der Waals surface area contributed by atoms with E-state index in [1.807, 2.05) is 6.92 Å². The van der Waals surface area contributed by atoms with Crippen LogP contribution in [0.3, 0.4) is 0 Å². The van der Waals surface area contributed by atoms with Crippen molar-refractivity contribution in [1.82, 2.24) is 0 Å². The van der Waals surface area contributed by atoms with Gasteiger partial charge in [-0.05, 0) is 63.0 Å². The molecule has 0 aromatic carbocycles. The molecule has 156 valence electrons. The molecule has 0 saturated heterocycles. The molecule has 0 aromatic rings. The normalized spacial score (nSPS) is 17.3. The summed E-state index contributed by atoms with van der Waals surface area (Å²) >= 11 is 0. The van der Waals surface area contributed by atoms with Crippen molar-refractivity contribution in [3.63, 3.8) is 0 Å². The maximum absolute atomic E-state index is 9.31. The van der Waals surface area contributed by atoms with Gasteiger partial charge >= 0.3 is 0 Å². The third kappa shape index (κ3) is 8.38. The summed E-state index contributed by atoms with van der Waals surface area (Å²) in [5.74, 6) is 0. The molecule has 0 aliphatic heterocycles. The average molecular weight is 403 g/mol. The van der Waals surface area contributed by atoms with Gasteiger partial charge in [-0.25, -0.2) is 0 Å². The maximum Gasteiger partial charge on any atom is 0.192 e. The molecule has 5 heteroatoms. The summed E-state index contributed by atoms with van der Waals surface area (Å²) in [5.41, 5.74) is 1.01. The molecular weight excluding hydrogens is 356 g/mol. The first-order valence-electron chi connectivity index (χ1n) is 10.0. The van der Waals surface area contributed by atoms with Crippen molar-refractivity contribution in [2.45, 2.75) is 117 Å². The van der Waals surface area contributed by atoms with Crippen LogP contribution in [0.25, 0.3) is 0 Å². The van der Waals surface area contributed by atoms with Crippen LogP contribution in [0.5, 0.6) is 0 Å². The van der Waals surface area contributed by atoms with Crippen molar-refractivity contribution in [3.05, 3.63) is 11.6 Å². The summed E-state index contributed by atoms with van der Waals surface area (Å²) in [6.07, 6.45) is 4.17. The van der Waals surface area contributed by atoms with Gasteiger partial charge in [0.15, 0.2) is 16.6 Å². The fraction of sp³-hybridized carbons (Fsp3) is 0.905. The summed E-state index contributed by atoms with van der Waals surface area (Å²) in [4.78, 5) is 0. The maximum atomic E-state index is 9.31. The predicted octanol–water partition coefficient (Wildman–Crippen LogP) is 6.51. The lowest BCUT2D eigenvalue weighted by Gasteiger charge is -2.42. The van der Waals surface area contributed by atoms with E-state index in [1.165, 1.54) is 0 Å². The molecule has 0 aliphatic carbocycles. The van der Waals surface area contributed by atoms with Crippen LogP contribution in [-0.2, 0) is 8.85 Å². The Kier molecular flexibility index (Phi) is 9.52. The highest BCUT2D eigenvalue weighted by Crippen LogP contribution is 2.40. The fourth-order valence-corrected chi connectivity index (χ4v) is 5.12. The molecule has 0 spiro atoms. The van der Waals surface area contributed by atoms with Crippen LogP contribution in [0.1, 0.15) is 68.2 Å². The van der Waals surface area contributed by atoms with Crippen molar-refractivity contribution in [1.29, 1.82) is 0 Å². The third-order valence-corrected chi connectivity index (χ3v) is 15.3. The van der Waals surface area contributed by atoms with Gasteiger partial charge in [0.1, 0.15) is 0 Å². The van der Waals surface area contributed by atoms with E-state index in [0.29, 0.717) is 0 Å². The minimum atomic E-state index is -1.85. The molecule has 0 bridgehead atoms. The van der Waals surface area contributed by atoms with Crippen LogP contribution in [0.2, 0.25) is 36.3 Å². The summed E-state index contributed by atoms with van der Waals surface area (Å²) < 4.78 is 13.3. The van der Waals surface area contributed by atoms with E-state index in [1.54, 1.807) is 0 Å². The second kappa shape index (κ2) is 9.50. The smallest absolute Gasteiger partial charge is 0.192 e. The van der Waals surface area contributed by atoms with Crippen molar-refractivity contribution in [2.75, 3.05) is 6.61 Å². The zero-order valence-corrected chi connectivity index (χ0v) is 21.6. The standard InChI is InChI=1S/C21H46O3Si2/c1-17(16-22)13-14-19(24-26(11,12)21(6,7)8)15-18(2)23-25(9,10)20(3,4)5/h13,18-19,22H,14-16H2,1-12H3/t18-,19+/m0/s1. The first kappa shape index (κ1) is 26.1. The average Bonchev–Trinajstić information content (AvgIpc) is 2.40. The molecule has 0 radical (unpaired) electrons. The Morgan fingerprint density at radius 1 is 0.923 bits per heavy atom. The monoisotopic (exact) mass is 402 g/mol. The zero-order valence-electron chi connectivity index (χ0n) is 19.6. The van der Waals surface area contributed by atoms with Crippen LogP contribution in [0.15, 0.2) is 11.6 Å². The van der Waals surface area contributed by atoms with Gasteiger partial charge in [0, 0.05) is 6.10 Å². The highest BCUT2D eigenvalue weighted by Gasteiger charge is 2.41. The Hall–Kier alpha value is 0.0538. The third-order valence-electron chi connectivity index (χ3n) is 6.14. The van der Waals surface area contributed by atoms with Gasteiger partial charge in [0.25, 0.3) is 0 Å². The quantitative estimate of drug-likeness (QED) is 0.353. The Bertz CT molecular complexity index is 457. The first-order chi connectivity index (χ1) is 11.4. The van der Waals surface area contributed by atoms with E-state index < -0.39 is 16.6 Å². The van der Waals surface area contributed by atoms with Crippen LogP contribution >= 0.6 is 0 Å². The SMILES string of the molecule is CC(=CC[C@H](C[C@H](C)O[Si](C)(C)C(C)(C)C)O[Si](C)(C)C(C)(C)C)CO. The summed E-state index contributed by atoms with van der Waals surface area (Å²) in [6, 6.07) is 0. The molecule has 0 heterocycles. The molecule has 0 saturated carbocycles. The lowest BCUT2D eigenvalue weighted by atomic mass is 10.1. The van der Waals surface area contributed by atoms with E-state index in [4.69, 9.17) is 8.85 Å². The first-order valence-corrected chi connectivity index (χ1v) is 15.9. The molecule has 0 rings (SSSR count). The highest BCUT2D eigenvalue weighted by molar-refractivity contribution is 6.74. The molecule has 2 atom stereocenters. The Morgan fingerprint density at radius 3 is 1.73 bits per heavy atom. The summed E-state index contributed by atoms with van der Waals surface area (Å²) in [6.45, 7) is 27.2. The topological polar surface area (TPSA) is 38.7 Å². The van der Waals surface area contributed by atoms with Gasteiger partial charge in [0.2, 0.25) is 0 Å². The van der Waals surface area contributed by atoms with Gasteiger partial charge < -0.3 is 14.0 Å². The van der Waals surface area contributed by atoms with Gasteiger partial charge in [-0.2, -0.15) is 0 Å². The summed E-state index contributed by atoms with van der Waals surface area (Å²) in [7, 11) is -3.63. The zero-order chi connectivity index (χ0) is 21.0. The van der Waals surface area contributed by atoms with Gasteiger partial charge in [0.05, 0.1) is 12.7 Å². The molecule has 1 N–H and O–H groups in total. The lowest BCUT2D eigenvalue weighted by molar-refractivity contribution is 0.103. The van der Waals surface area contributed by atoms with E-state index in [2.05, 4.69) is 80.7 Å². The van der Waals surface area contributed by atoms with Crippen molar-refractivity contribution >= 4 is 16.6 Å². The predicted molar refractivity (Wildman–Crippen MR) is 120 cm³/mol. The number of hydrogen-bond acceptors (Lipinski definition) is 3. The minimum absolute atomic E-state index is 0.114. The second-order valence-electron chi connectivity index (χ2n) is 10.9. The Labute approximate surface area is 165 Å². The Balaban J connectivity index is 5.24. The molecule has 26 heavy (non-hydrogen) atoms. The molecule has 0 amide bonds. The largest absolute Gasteiger partial charge is 0.414 e. The van der Waals surface area contributed by atoms with E-state index in [-0.39, 0.29) is 28.9 Å². The van der Waals surface area contributed by atoms with Gasteiger partial charge in [-0.1, -0.05) is 53.2 Å². The number of aliphatic hydroxyl groups excluding tert-OH is 1. The van der Waals surface area contributed by atoms with Gasteiger partial charge in [-0.15, -0.1) is 0 Å². The lowest BCUT2D eigenvalue weighted by Crippen LogP contribution is -2.46. The molecule has 0 aromatic heterocycles. The highest BCUT2D eigenvalue weighted by atomic mass is 28.4. The van der Waals surface area contributed by atoms with E-state index in [0.717, 1.165) is 18.4 Å². The molecular formula is C21H46O3Si2. The van der Waals surface area contributed by atoms with E-state index >= 15 is 0 Å².